The lowest BCUT2D eigenvalue weighted by molar-refractivity contribution is 0.706. The molecule has 0 aliphatic carbocycles. The summed E-state index contributed by atoms with van der Waals surface area (Å²) in [6.45, 7) is 0. The molecule has 0 fully saturated rings. The van der Waals surface area contributed by atoms with Crippen LogP contribution in [0.15, 0.2) is 64.7 Å². The zero-order chi connectivity index (χ0) is 12.8. The first-order valence-electron chi connectivity index (χ1n) is 5.38. The fourth-order valence-electron chi connectivity index (χ4n) is 1.42. The molecular formula is C15H10FNS. The van der Waals surface area contributed by atoms with E-state index in [9.17, 15) is 4.39 Å². The second kappa shape index (κ2) is 6.04. The molecule has 2 aromatic rings. The molecule has 1 nitrogen and oxygen atoms in total. The third-order valence-electron chi connectivity index (χ3n) is 2.28. The number of thioether (sulfide) groups is 1. The maximum Gasteiger partial charge on any atom is 0.161 e. The van der Waals surface area contributed by atoms with Crippen molar-refractivity contribution >= 4 is 17.8 Å². The monoisotopic (exact) mass is 255 g/mol. The van der Waals surface area contributed by atoms with Crippen LogP contribution in [-0.4, -0.2) is 0 Å². The van der Waals surface area contributed by atoms with Crippen LogP contribution in [0, 0.1) is 11.3 Å². The van der Waals surface area contributed by atoms with Gasteiger partial charge in [-0.25, -0.2) is 0 Å². The van der Waals surface area contributed by atoms with Crippen LogP contribution in [0.2, 0.25) is 0 Å². The lowest BCUT2D eigenvalue weighted by Gasteiger charge is -1.98. The predicted octanol–water partition coefficient (Wildman–Crippen LogP) is 4.62. The Bertz CT molecular complexity index is 582. The Morgan fingerprint density at radius 1 is 1.06 bits per heavy atom. The fraction of sp³-hybridized carbons (Fsp3) is 0. The molecule has 18 heavy (non-hydrogen) atoms. The van der Waals surface area contributed by atoms with Crippen LogP contribution in [0.3, 0.4) is 0 Å². The van der Waals surface area contributed by atoms with E-state index in [-0.39, 0.29) is 5.16 Å². The molecular weight excluding hydrogens is 245 g/mol. The highest BCUT2D eigenvalue weighted by Crippen LogP contribution is 2.28. The Hall–Kier alpha value is -2.05. The minimum atomic E-state index is -0.272. The molecule has 0 heterocycles. The van der Waals surface area contributed by atoms with E-state index in [0.717, 1.165) is 22.2 Å². The first-order chi connectivity index (χ1) is 8.78. The topological polar surface area (TPSA) is 23.8 Å². The van der Waals surface area contributed by atoms with Gasteiger partial charge in [-0.2, -0.15) is 9.65 Å². The standard InChI is InChI=1S/C15H10FNS/c16-15(18-14-4-2-1-3-5-14)10-12-6-8-13(11-17)9-7-12/h1-10H/b15-10+. The van der Waals surface area contributed by atoms with E-state index in [0.29, 0.717) is 5.56 Å². The first-order valence-corrected chi connectivity index (χ1v) is 6.20. The summed E-state index contributed by atoms with van der Waals surface area (Å²) in [6.07, 6.45) is 1.46. The fourth-order valence-corrected chi connectivity index (χ4v) is 2.13. The van der Waals surface area contributed by atoms with Crippen LogP contribution in [0.5, 0.6) is 0 Å². The van der Waals surface area contributed by atoms with Crippen molar-refractivity contribution in [2.75, 3.05) is 0 Å². The summed E-state index contributed by atoms with van der Waals surface area (Å²) in [5.74, 6) is 0. The second-order valence-electron chi connectivity index (χ2n) is 3.60. The maximum absolute atomic E-state index is 13.7. The summed E-state index contributed by atoms with van der Waals surface area (Å²) in [5, 5.41) is 8.39. The van der Waals surface area contributed by atoms with Crippen LogP contribution >= 0.6 is 11.8 Å². The number of benzene rings is 2. The van der Waals surface area contributed by atoms with Crippen LogP contribution < -0.4 is 0 Å². The Labute approximate surface area is 110 Å². The third-order valence-corrected chi connectivity index (χ3v) is 3.10. The van der Waals surface area contributed by atoms with Gasteiger partial charge in [0.25, 0.3) is 0 Å². The maximum atomic E-state index is 13.7. The van der Waals surface area contributed by atoms with Gasteiger partial charge in [-0.15, -0.1) is 0 Å². The number of nitrogens with zero attached hydrogens (tertiary/aromatic N) is 1. The third kappa shape index (κ3) is 3.47. The second-order valence-corrected chi connectivity index (χ2v) is 4.66. The number of halogens is 1. The molecule has 0 saturated heterocycles. The summed E-state index contributed by atoms with van der Waals surface area (Å²) in [5.41, 5.74) is 1.32. The predicted molar refractivity (Wildman–Crippen MR) is 72.5 cm³/mol. The van der Waals surface area contributed by atoms with Gasteiger partial charge in [-0.05, 0) is 35.9 Å². The van der Waals surface area contributed by atoms with Crippen molar-refractivity contribution in [2.24, 2.45) is 0 Å². The van der Waals surface area contributed by atoms with Crippen LogP contribution in [-0.2, 0) is 0 Å². The van der Waals surface area contributed by atoms with Gasteiger partial charge in [0.05, 0.1) is 11.6 Å². The van der Waals surface area contributed by atoms with Crippen molar-refractivity contribution in [3.8, 4) is 6.07 Å². The average Bonchev–Trinajstić information content (AvgIpc) is 2.40. The van der Waals surface area contributed by atoms with E-state index in [4.69, 9.17) is 5.26 Å². The van der Waals surface area contributed by atoms with Crippen molar-refractivity contribution in [3.63, 3.8) is 0 Å². The van der Waals surface area contributed by atoms with E-state index in [2.05, 4.69) is 0 Å². The molecule has 0 aliphatic heterocycles. The summed E-state index contributed by atoms with van der Waals surface area (Å²) in [7, 11) is 0. The van der Waals surface area contributed by atoms with Crippen LogP contribution in [0.4, 0.5) is 4.39 Å². The van der Waals surface area contributed by atoms with Crippen molar-refractivity contribution in [1.82, 2.24) is 0 Å². The Kier molecular flexibility index (Phi) is 4.16. The number of rotatable bonds is 3. The normalized spacial score (nSPS) is 11.0. The Morgan fingerprint density at radius 3 is 2.33 bits per heavy atom. The molecule has 0 N–H and O–H groups in total. The lowest BCUT2D eigenvalue weighted by atomic mass is 10.1. The van der Waals surface area contributed by atoms with E-state index >= 15 is 0 Å². The van der Waals surface area contributed by atoms with E-state index < -0.39 is 0 Å². The van der Waals surface area contributed by atoms with Gasteiger partial charge in [0.2, 0.25) is 0 Å². The van der Waals surface area contributed by atoms with Gasteiger partial charge in [-0.1, -0.05) is 42.1 Å². The van der Waals surface area contributed by atoms with Crippen molar-refractivity contribution in [3.05, 3.63) is 70.9 Å². The molecule has 2 rings (SSSR count). The quantitative estimate of drug-likeness (QED) is 0.747. The molecule has 0 spiro atoms. The molecule has 2 aromatic carbocycles. The smallest absolute Gasteiger partial charge is 0.161 e. The lowest BCUT2D eigenvalue weighted by Crippen LogP contribution is -1.76. The number of hydrogen-bond donors (Lipinski definition) is 0. The summed E-state index contributed by atoms with van der Waals surface area (Å²) >= 11 is 1.08. The Morgan fingerprint density at radius 2 is 1.72 bits per heavy atom. The molecule has 0 aromatic heterocycles. The highest BCUT2D eigenvalue weighted by atomic mass is 32.2. The summed E-state index contributed by atoms with van der Waals surface area (Å²) < 4.78 is 13.7. The number of nitriles is 1. The zero-order valence-electron chi connectivity index (χ0n) is 9.51. The van der Waals surface area contributed by atoms with Gasteiger partial charge in [0.15, 0.2) is 5.16 Å². The first kappa shape index (κ1) is 12.4. The molecule has 0 aliphatic rings. The highest BCUT2D eigenvalue weighted by Gasteiger charge is 1.99. The Balaban J connectivity index is 2.10. The molecule has 0 atom stereocenters. The molecule has 3 heteroatoms. The van der Waals surface area contributed by atoms with Crippen molar-refractivity contribution < 1.29 is 4.39 Å². The largest absolute Gasteiger partial charge is 0.199 e. The molecule has 0 saturated carbocycles. The van der Waals surface area contributed by atoms with Gasteiger partial charge in [0, 0.05) is 4.90 Å². The minimum Gasteiger partial charge on any atom is -0.199 e. The van der Waals surface area contributed by atoms with Crippen LogP contribution in [0.25, 0.3) is 6.08 Å². The number of hydrogen-bond acceptors (Lipinski definition) is 2. The van der Waals surface area contributed by atoms with Gasteiger partial charge in [-0.3, -0.25) is 0 Å². The molecule has 0 bridgehead atoms. The van der Waals surface area contributed by atoms with Crippen molar-refractivity contribution in [1.29, 1.82) is 5.26 Å². The van der Waals surface area contributed by atoms with Crippen molar-refractivity contribution in [2.45, 2.75) is 4.90 Å². The molecule has 0 radical (unpaired) electrons. The SMILES string of the molecule is N#Cc1ccc(/C=C(\F)Sc2ccccc2)cc1. The molecule has 0 unspecified atom stereocenters. The zero-order valence-corrected chi connectivity index (χ0v) is 10.3. The van der Waals surface area contributed by atoms with E-state index in [1.807, 2.05) is 36.4 Å². The molecule has 88 valence electrons. The van der Waals surface area contributed by atoms with E-state index in [1.165, 1.54) is 6.08 Å². The minimum absolute atomic E-state index is 0.272. The van der Waals surface area contributed by atoms with Gasteiger partial charge >= 0.3 is 0 Å². The highest BCUT2D eigenvalue weighted by molar-refractivity contribution is 8.03. The van der Waals surface area contributed by atoms with E-state index in [1.54, 1.807) is 24.3 Å². The average molecular weight is 255 g/mol. The summed E-state index contributed by atoms with van der Waals surface area (Å²) in [4.78, 5) is 0.861. The molecule has 0 amide bonds. The van der Waals surface area contributed by atoms with Gasteiger partial charge in [0.1, 0.15) is 0 Å². The van der Waals surface area contributed by atoms with Gasteiger partial charge < -0.3 is 0 Å². The summed E-state index contributed by atoms with van der Waals surface area (Å²) in [6, 6.07) is 18.2. The van der Waals surface area contributed by atoms with Crippen LogP contribution in [0.1, 0.15) is 11.1 Å².